The highest BCUT2D eigenvalue weighted by molar-refractivity contribution is 7.99. The molecular formula is C9H15N3S. The van der Waals surface area contributed by atoms with Crippen molar-refractivity contribution in [3.63, 3.8) is 0 Å². The average molecular weight is 197 g/mol. The summed E-state index contributed by atoms with van der Waals surface area (Å²) < 4.78 is 0. The number of hydrazine groups is 1. The van der Waals surface area contributed by atoms with Gasteiger partial charge in [0.1, 0.15) is 0 Å². The summed E-state index contributed by atoms with van der Waals surface area (Å²) in [7, 11) is 0. The van der Waals surface area contributed by atoms with Gasteiger partial charge in [-0.05, 0) is 17.4 Å². The molecule has 1 heterocycles. The Kier molecular flexibility index (Phi) is 4.82. The first-order valence-corrected chi connectivity index (χ1v) is 5.47. The lowest BCUT2D eigenvalue weighted by Crippen LogP contribution is -2.29. The summed E-state index contributed by atoms with van der Waals surface area (Å²) in [5.74, 6) is 7.55. The van der Waals surface area contributed by atoms with Gasteiger partial charge in [0.2, 0.25) is 0 Å². The number of hydrogen-bond acceptors (Lipinski definition) is 4. The number of rotatable bonds is 5. The molecule has 1 rings (SSSR count). The Morgan fingerprint density at radius 3 is 3.08 bits per heavy atom. The van der Waals surface area contributed by atoms with E-state index in [-0.39, 0.29) is 6.04 Å². The molecule has 0 amide bonds. The Morgan fingerprint density at radius 2 is 2.54 bits per heavy atom. The second-order valence-electron chi connectivity index (χ2n) is 2.67. The van der Waals surface area contributed by atoms with Gasteiger partial charge in [-0.25, -0.2) is 0 Å². The zero-order chi connectivity index (χ0) is 9.52. The Balaban J connectivity index is 2.56. The minimum Gasteiger partial charge on any atom is -0.271 e. The van der Waals surface area contributed by atoms with Crippen LogP contribution in [0, 0.1) is 0 Å². The van der Waals surface area contributed by atoms with E-state index in [1.165, 1.54) is 0 Å². The third-order valence-corrected chi connectivity index (χ3v) is 2.75. The van der Waals surface area contributed by atoms with E-state index in [0.29, 0.717) is 0 Å². The van der Waals surface area contributed by atoms with Crippen LogP contribution >= 0.6 is 11.8 Å². The van der Waals surface area contributed by atoms with E-state index in [1.54, 1.807) is 6.20 Å². The zero-order valence-electron chi connectivity index (χ0n) is 7.73. The molecule has 0 aromatic carbocycles. The first kappa shape index (κ1) is 10.5. The molecule has 0 bridgehead atoms. The van der Waals surface area contributed by atoms with Crippen LogP contribution in [0.2, 0.25) is 0 Å². The molecule has 0 aliphatic heterocycles. The maximum absolute atomic E-state index is 5.45. The third-order valence-electron chi connectivity index (χ3n) is 1.78. The van der Waals surface area contributed by atoms with Crippen LogP contribution in [0.25, 0.3) is 0 Å². The third kappa shape index (κ3) is 3.34. The van der Waals surface area contributed by atoms with E-state index in [9.17, 15) is 0 Å². The van der Waals surface area contributed by atoms with Gasteiger partial charge in [0, 0.05) is 18.1 Å². The number of thioether (sulfide) groups is 1. The van der Waals surface area contributed by atoms with Gasteiger partial charge in [-0.3, -0.25) is 16.3 Å². The van der Waals surface area contributed by atoms with Crippen molar-refractivity contribution in [3.05, 3.63) is 30.1 Å². The summed E-state index contributed by atoms with van der Waals surface area (Å²) in [6.07, 6.45) is 3.62. The van der Waals surface area contributed by atoms with Gasteiger partial charge in [-0.2, -0.15) is 11.8 Å². The monoisotopic (exact) mass is 197 g/mol. The maximum Gasteiger partial charge on any atom is 0.0565 e. The quantitative estimate of drug-likeness (QED) is 0.552. The first-order chi connectivity index (χ1) is 6.38. The minimum absolute atomic E-state index is 0.207. The van der Waals surface area contributed by atoms with Crippen LogP contribution in [-0.2, 0) is 0 Å². The lowest BCUT2D eigenvalue weighted by atomic mass is 10.1. The molecule has 13 heavy (non-hydrogen) atoms. The zero-order valence-corrected chi connectivity index (χ0v) is 8.55. The molecule has 0 radical (unpaired) electrons. The lowest BCUT2D eigenvalue weighted by molar-refractivity contribution is 0.609. The van der Waals surface area contributed by atoms with Gasteiger partial charge in [0.15, 0.2) is 0 Å². The Bertz CT molecular complexity index is 228. The fourth-order valence-corrected chi connectivity index (χ4v) is 1.82. The van der Waals surface area contributed by atoms with Gasteiger partial charge in [0.05, 0.1) is 6.04 Å². The summed E-state index contributed by atoms with van der Waals surface area (Å²) in [4.78, 5) is 4.06. The number of nitrogens with zero attached hydrogens (tertiary/aromatic N) is 1. The van der Waals surface area contributed by atoms with E-state index >= 15 is 0 Å². The molecule has 0 fully saturated rings. The van der Waals surface area contributed by atoms with Crippen LogP contribution in [0.4, 0.5) is 0 Å². The van der Waals surface area contributed by atoms with Crippen molar-refractivity contribution in [1.29, 1.82) is 0 Å². The predicted octanol–water partition coefficient (Wildman–Crippen LogP) is 1.34. The molecule has 1 atom stereocenters. The van der Waals surface area contributed by atoms with Crippen molar-refractivity contribution in [2.24, 2.45) is 5.84 Å². The molecule has 3 N–H and O–H groups in total. The smallest absolute Gasteiger partial charge is 0.0565 e. The highest BCUT2D eigenvalue weighted by atomic mass is 32.2. The second kappa shape index (κ2) is 5.96. The van der Waals surface area contributed by atoms with Crippen LogP contribution < -0.4 is 11.3 Å². The fourth-order valence-electron chi connectivity index (χ4n) is 1.06. The van der Waals surface area contributed by atoms with Gasteiger partial charge in [0.25, 0.3) is 0 Å². The second-order valence-corrected chi connectivity index (χ2v) is 3.98. The van der Waals surface area contributed by atoms with E-state index < -0.39 is 0 Å². The van der Waals surface area contributed by atoms with Crippen molar-refractivity contribution in [1.82, 2.24) is 10.4 Å². The van der Waals surface area contributed by atoms with Gasteiger partial charge in [-0.15, -0.1) is 0 Å². The summed E-state index contributed by atoms with van der Waals surface area (Å²) in [5, 5.41) is 0. The number of aromatic nitrogens is 1. The highest BCUT2D eigenvalue weighted by Gasteiger charge is 2.07. The Hall–Kier alpha value is -0.580. The Labute approximate surface area is 83.1 Å². The molecule has 1 aromatic rings. The van der Waals surface area contributed by atoms with E-state index in [0.717, 1.165) is 17.1 Å². The average Bonchev–Trinajstić information content (AvgIpc) is 2.21. The molecule has 0 aliphatic carbocycles. The van der Waals surface area contributed by atoms with Crippen LogP contribution in [0.1, 0.15) is 18.5 Å². The topological polar surface area (TPSA) is 50.9 Å². The van der Waals surface area contributed by atoms with Gasteiger partial charge in [-0.1, -0.05) is 13.0 Å². The van der Waals surface area contributed by atoms with Crippen molar-refractivity contribution < 1.29 is 0 Å². The summed E-state index contributed by atoms with van der Waals surface area (Å²) in [6, 6.07) is 4.17. The SMILES string of the molecule is CCSCC(NN)c1cccnc1. The number of nitrogens with two attached hydrogens (primary N) is 1. The van der Waals surface area contributed by atoms with Crippen LogP contribution in [0.5, 0.6) is 0 Å². The summed E-state index contributed by atoms with van der Waals surface area (Å²) >= 11 is 1.87. The number of pyridine rings is 1. The van der Waals surface area contributed by atoms with Crippen molar-refractivity contribution >= 4 is 11.8 Å². The Morgan fingerprint density at radius 1 is 1.69 bits per heavy atom. The molecule has 0 spiro atoms. The lowest BCUT2D eigenvalue weighted by Gasteiger charge is -2.14. The largest absolute Gasteiger partial charge is 0.271 e. The van der Waals surface area contributed by atoms with E-state index in [1.807, 2.05) is 30.1 Å². The normalized spacial score (nSPS) is 12.8. The van der Waals surface area contributed by atoms with E-state index in [4.69, 9.17) is 5.84 Å². The molecule has 0 saturated carbocycles. The van der Waals surface area contributed by atoms with Crippen LogP contribution in [0.3, 0.4) is 0 Å². The van der Waals surface area contributed by atoms with Crippen LogP contribution in [0.15, 0.2) is 24.5 Å². The molecule has 1 aromatic heterocycles. The summed E-state index contributed by atoms with van der Waals surface area (Å²) in [5.41, 5.74) is 3.94. The minimum atomic E-state index is 0.207. The molecular weight excluding hydrogens is 182 g/mol. The highest BCUT2D eigenvalue weighted by Crippen LogP contribution is 2.15. The van der Waals surface area contributed by atoms with Crippen molar-refractivity contribution in [3.8, 4) is 0 Å². The maximum atomic E-state index is 5.45. The first-order valence-electron chi connectivity index (χ1n) is 4.32. The molecule has 0 aliphatic rings. The fraction of sp³-hybridized carbons (Fsp3) is 0.444. The van der Waals surface area contributed by atoms with Gasteiger partial charge >= 0.3 is 0 Å². The van der Waals surface area contributed by atoms with Crippen molar-refractivity contribution in [2.45, 2.75) is 13.0 Å². The van der Waals surface area contributed by atoms with E-state index in [2.05, 4.69) is 17.3 Å². The molecule has 1 unspecified atom stereocenters. The number of hydrogen-bond donors (Lipinski definition) is 2. The predicted molar refractivity (Wildman–Crippen MR) is 57.3 cm³/mol. The molecule has 72 valence electrons. The molecule has 3 nitrogen and oxygen atoms in total. The van der Waals surface area contributed by atoms with Crippen molar-refractivity contribution in [2.75, 3.05) is 11.5 Å². The molecule has 0 saturated heterocycles. The number of nitrogens with one attached hydrogen (secondary N) is 1. The van der Waals surface area contributed by atoms with Crippen LogP contribution in [-0.4, -0.2) is 16.5 Å². The summed E-state index contributed by atoms with van der Waals surface area (Å²) in [6.45, 7) is 2.14. The molecule has 4 heteroatoms. The van der Waals surface area contributed by atoms with Gasteiger partial charge < -0.3 is 0 Å². The standard InChI is InChI=1S/C9H15N3S/c1-2-13-7-9(12-10)8-4-3-5-11-6-8/h3-6,9,12H,2,7,10H2,1H3.